The number of hydrogen-bond donors (Lipinski definition) is 1. The van der Waals surface area contributed by atoms with Crippen molar-refractivity contribution in [3.8, 4) is 0 Å². The standard InChI is InChI=1S/C15H29NO2/c1-5-9-16-14(12-13(3)6-2)15(17-4)7-10-18-11-8-15/h14,16H,3,5-12H2,1-2,4H3. The monoisotopic (exact) mass is 255 g/mol. The zero-order chi connectivity index (χ0) is 13.4. The Morgan fingerprint density at radius 2 is 2.06 bits per heavy atom. The lowest BCUT2D eigenvalue weighted by Gasteiger charge is -2.43. The number of rotatable bonds is 8. The van der Waals surface area contributed by atoms with Crippen molar-refractivity contribution in [2.45, 2.75) is 57.6 Å². The van der Waals surface area contributed by atoms with Crippen LogP contribution in [0.3, 0.4) is 0 Å². The van der Waals surface area contributed by atoms with Gasteiger partial charge < -0.3 is 14.8 Å². The lowest BCUT2D eigenvalue weighted by molar-refractivity contribution is -0.110. The largest absolute Gasteiger partial charge is 0.381 e. The van der Waals surface area contributed by atoms with Crippen molar-refractivity contribution in [1.29, 1.82) is 0 Å². The molecule has 1 atom stereocenters. The number of methoxy groups -OCH3 is 1. The van der Waals surface area contributed by atoms with Crippen LogP contribution in [0, 0.1) is 0 Å². The van der Waals surface area contributed by atoms with Crippen LogP contribution in [-0.4, -0.2) is 38.5 Å². The van der Waals surface area contributed by atoms with Gasteiger partial charge in [0.15, 0.2) is 0 Å². The Hall–Kier alpha value is -0.380. The first-order valence-electron chi connectivity index (χ1n) is 7.21. The van der Waals surface area contributed by atoms with Gasteiger partial charge in [-0.15, -0.1) is 0 Å². The van der Waals surface area contributed by atoms with Crippen molar-refractivity contribution in [3.63, 3.8) is 0 Å². The van der Waals surface area contributed by atoms with Crippen LogP contribution in [0.2, 0.25) is 0 Å². The molecule has 1 aliphatic rings. The number of nitrogens with one attached hydrogen (secondary N) is 1. The van der Waals surface area contributed by atoms with Gasteiger partial charge in [-0.05, 0) is 25.8 Å². The highest BCUT2D eigenvalue weighted by atomic mass is 16.5. The summed E-state index contributed by atoms with van der Waals surface area (Å²) >= 11 is 0. The molecule has 3 nitrogen and oxygen atoms in total. The Bertz CT molecular complexity index is 247. The van der Waals surface area contributed by atoms with E-state index in [9.17, 15) is 0 Å². The minimum absolute atomic E-state index is 0.0778. The topological polar surface area (TPSA) is 30.5 Å². The summed E-state index contributed by atoms with van der Waals surface area (Å²) in [5, 5.41) is 3.65. The van der Waals surface area contributed by atoms with Crippen molar-refractivity contribution in [3.05, 3.63) is 12.2 Å². The van der Waals surface area contributed by atoms with Crippen molar-refractivity contribution in [2.75, 3.05) is 26.9 Å². The fraction of sp³-hybridized carbons (Fsp3) is 0.867. The molecule has 0 aliphatic carbocycles. The quantitative estimate of drug-likeness (QED) is 0.677. The molecule has 1 saturated heterocycles. The number of hydrogen-bond acceptors (Lipinski definition) is 3. The third-order valence-electron chi connectivity index (χ3n) is 4.01. The molecule has 0 radical (unpaired) electrons. The molecule has 0 amide bonds. The van der Waals surface area contributed by atoms with Crippen molar-refractivity contribution in [1.82, 2.24) is 5.32 Å². The first-order chi connectivity index (χ1) is 8.68. The molecule has 0 aromatic carbocycles. The Morgan fingerprint density at radius 1 is 1.39 bits per heavy atom. The molecule has 1 rings (SSSR count). The normalized spacial score (nSPS) is 20.6. The van der Waals surface area contributed by atoms with Gasteiger partial charge in [0.1, 0.15) is 0 Å². The van der Waals surface area contributed by atoms with Gasteiger partial charge in [-0.25, -0.2) is 0 Å². The molecule has 1 fully saturated rings. The summed E-state index contributed by atoms with van der Waals surface area (Å²) in [4.78, 5) is 0. The molecular weight excluding hydrogens is 226 g/mol. The maximum absolute atomic E-state index is 5.90. The lowest BCUT2D eigenvalue weighted by Crippen LogP contribution is -2.55. The molecule has 1 heterocycles. The summed E-state index contributed by atoms with van der Waals surface area (Å²) in [5.41, 5.74) is 1.22. The van der Waals surface area contributed by atoms with Crippen LogP contribution in [0.5, 0.6) is 0 Å². The molecular formula is C15H29NO2. The van der Waals surface area contributed by atoms with E-state index in [0.29, 0.717) is 6.04 Å². The maximum atomic E-state index is 5.90. The summed E-state index contributed by atoms with van der Waals surface area (Å²) < 4.78 is 11.4. The van der Waals surface area contributed by atoms with Crippen molar-refractivity contribution >= 4 is 0 Å². The molecule has 1 aliphatic heterocycles. The van der Waals surface area contributed by atoms with Crippen LogP contribution in [0.15, 0.2) is 12.2 Å². The first kappa shape index (κ1) is 15.7. The summed E-state index contributed by atoms with van der Waals surface area (Å²) in [6.45, 7) is 11.2. The predicted octanol–water partition coefficient (Wildman–Crippen LogP) is 2.91. The Labute approximate surface area is 112 Å². The average Bonchev–Trinajstić information content (AvgIpc) is 2.43. The van der Waals surface area contributed by atoms with E-state index in [4.69, 9.17) is 9.47 Å². The average molecular weight is 255 g/mol. The van der Waals surface area contributed by atoms with E-state index in [0.717, 1.165) is 51.9 Å². The molecule has 0 spiro atoms. The summed E-state index contributed by atoms with van der Waals surface area (Å²) in [6, 6.07) is 0.360. The molecule has 18 heavy (non-hydrogen) atoms. The highest BCUT2D eigenvalue weighted by molar-refractivity contribution is 5.04. The van der Waals surface area contributed by atoms with Crippen LogP contribution in [0.1, 0.15) is 46.0 Å². The van der Waals surface area contributed by atoms with Crippen LogP contribution < -0.4 is 5.32 Å². The molecule has 0 aromatic heterocycles. The van der Waals surface area contributed by atoms with Crippen molar-refractivity contribution < 1.29 is 9.47 Å². The summed E-state index contributed by atoms with van der Waals surface area (Å²) in [6.07, 6.45) is 5.14. The Balaban J connectivity index is 2.73. The molecule has 0 saturated carbocycles. The Morgan fingerprint density at radius 3 is 2.56 bits per heavy atom. The zero-order valence-corrected chi connectivity index (χ0v) is 12.3. The molecule has 1 unspecified atom stereocenters. The molecule has 0 aromatic rings. The van der Waals surface area contributed by atoms with Gasteiger partial charge in [0, 0.05) is 39.2 Å². The first-order valence-corrected chi connectivity index (χ1v) is 7.21. The second-order valence-corrected chi connectivity index (χ2v) is 5.20. The van der Waals surface area contributed by atoms with E-state index in [-0.39, 0.29) is 5.60 Å². The van der Waals surface area contributed by atoms with E-state index < -0.39 is 0 Å². The van der Waals surface area contributed by atoms with E-state index in [2.05, 4.69) is 25.7 Å². The van der Waals surface area contributed by atoms with E-state index in [1.807, 2.05) is 7.11 Å². The second kappa shape index (κ2) is 7.93. The van der Waals surface area contributed by atoms with Crippen LogP contribution in [-0.2, 0) is 9.47 Å². The number of ether oxygens (including phenoxy) is 2. The minimum Gasteiger partial charge on any atom is -0.381 e. The van der Waals surface area contributed by atoms with Gasteiger partial charge in [-0.2, -0.15) is 0 Å². The lowest BCUT2D eigenvalue weighted by atomic mass is 9.82. The third kappa shape index (κ3) is 4.08. The van der Waals surface area contributed by atoms with Crippen LogP contribution >= 0.6 is 0 Å². The van der Waals surface area contributed by atoms with E-state index in [1.54, 1.807) is 0 Å². The van der Waals surface area contributed by atoms with Gasteiger partial charge in [-0.3, -0.25) is 0 Å². The van der Waals surface area contributed by atoms with Gasteiger partial charge >= 0.3 is 0 Å². The highest BCUT2D eigenvalue weighted by Crippen LogP contribution is 2.31. The van der Waals surface area contributed by atoms with Gasteiger partial charge in [0.2, 0.25) is 0 Å². The fourth-order valence-corrected chi connectivity index (χ4v) is 2.61. The summed E-state index contributed by atoms with van der Waals surface area (Å²) in [5.74, 6) is 0. The van der Waals surface area contributed by atoms with Crippen LogP contribution in [0.4, 0.5) is 0 Å². The second-order valence-electron chi connectivity index (χ2n) is 5.20. The van der Waals surface area contributed by atoms with E-state index in [1.165, 1.54) is 5.57 Å². The smallest absolute Gasteiger partial charge is 0.0877 e. The minimum atomic E-state index is -0.0778. The molecule has 3 heteroatoms. The zero-order valence-electron chi connectivity index (χ0n) is 12.3. The molecule has 1 N–H and O–H groups in total. The maximum Gasteiger partial charge on any atom is 0.0877 e. The SMILES string of the molecule is C=C(CC)CC(NCCC)C1(OC)CCOCC1. The van der Waals surface area contributed by atoms with Gasteiger partial charge in [-0.1, -0.05) is 26.0 Å². The van der Waals surface area contributed by atoms with Crippen molar-refractivity contribution in [2.24, 2.45) is 0 Å². The fourth-order valence-electron chi connectivity index (χ4n) is 2.61. The Kier molecular flexibility index (Phi) is 6.90. The highest BCUT2D eigenvalue weighted by Gasteiger charge is 2.40. The summed E-state index contributed by atoms with van der Waals surface area (Å²) in [7, 11) is 1.83. The van der Waals surface area contributed by atoms with Gasteiger partial charge in [0.25, 0.3) is 0 Å². The van der Waals surface area contributed by atoms with E-state index >= 15 is 0 Å². The van der Waals surface area contributed by atoms with Crippen LogP contribution in [0.25, 0.3) is 0 Å². The van der Waals surface area contributed by atoms with Gasteiger partial charge in [0.05, 0.1) is 5.60 Å². The molecule has 0 bridgehead atoms. The third-order valence-corrected chi connectivity index (χ3v) is 4.01. The molecule has 106 valence electrons. The predicted molar refractivity (Wildman–Crippen MR) is 75.9 cm³/mol.